The minimum atomic E-state index is -0.364. The van der Waals surface area contributed by atoms with Gasteiger partial charge >= 0.3 is 0 Å². The van der Waals surface area contributed by atoms with Gasteiger partial charge in [0.1, 0.15) is 11.5 Å². The molecule has 102 valence electrons. The molecule has 1 aromatic carbocycles. The van der Waals surface area contributed by atoms with E-state index in [1.54, 1.807) is 19.1 Å². The van der Waals surface area contributed by atoms with Crippen molar-refractivity contribution in [3.8, 4) is 0 Å². The standard InChI is InChI=1S/C13H15BrN2O3/c1-9(17)10-4-6-15(7-5-10)12-3-2-11(14)8-13(12)16(18)19/h2-3,8,10H,4-7H2,1H3. The summed E-state index contributed by atoms with van der Waals surface area (Å²) < 4.78 is 0.696. The Morgan fingerprint density at radius 1 is 1.42 bits per heavy atom. The molecule has 0 aromatic heterocycles. The molecule has 1 saturated heterocycles. The number of anilines is 1. The molecule has 6 heteroatoms. The van der Waals surface area contributed by atoms with Crippen molar-refractivity contribution in [3.05, 3.63) is 32.8 Å². The van der Waals surface area contributed by atoms with Gasteiger partial charge in [-0.3, -0.25) is 14.9 Å². The molecule has 1 fully saturated rings. The molecule has 0 unspecified atom stereocenters. The first-order valence-corrected chi connectivity index (χ1v) is 6.97. The molecule has 0 spiro atoms. The number of carbonyl (C=O) groups excluding carboxylic acids is 1. The molecule has 1 aliphatic rings. The Hall–Kier alpha value is -1.43. The van der Waals surface area contributed by atoms with Crippen LogP contribution in [0.1, 0.15) is 19.8 Å². The monoisotopic (exact) mass is 326 g/mol. The van der Waals surface area contributed by atoms with E-state index >= 15 is 0 Å². The van der Waals surface area contributed by atoms with Crippen molar-refractivity contribution in [1.29, 1.82) is 0 Å². The molecule has 0 aliphatic carbocycles. The van der Waals surface area contributed by atoms with Crippen molar-refractivity contribution < 1.29 is 9.72 Å². The summed E-state index contributed by atoms with van der Waals surface area (Å²) in [6, 6.07) is 5.09. The van der Waals surface area contributed by atoms with Crippen LogP contribution in [0.5, 0.6) is 0 Å². The quantitative estimate of drug-likeness (QED) is 0.632. The normalized spacial score (nSPS) is 16.4. The van der Waals surface area contributed by atoms with Gasteiger partial charge in [-0.2, -0.15) is 0 Å². The lowest BCUT2D eigenvalue weighted by Gasteiger charge is -2.32. The van der Waals surface area contributed by atoms with Gasteiger partial charge < -0.3 is 4.90 Å². The number of hydrogen-bond donors (Lipinski definition) is 0. The van der Waals surface area contributed by atoms with Crippen LogP contribution in [0.15, 0.2) is 22.7 Å². The van der Waals surface area contributed by atoms with E-state index in [4.69, 9.17) is 0 Å². The van der Waals surface area contributed by atoms with Crippen molar-refractivity contribution in [1.82, 2.24) is 0 Å². The molecule has 2 rings (SSSR count). The van der Waals surface area contributed by atoms with Crippen molar-refractivity contribution in [2.75, 3.05) is 18.0 Å². The molecular formula is C13H15BrN2O3. The van der Waals surface area contributed by atoms with E-state index in [2.05, 4.69) is 15.9 Å². The Labute approximate surface area is 119 Å². The minimum absolute atomic E-state index is 0.103. The lowest BCUT2D eigenvalue weighted by atomic mass is 9.93. The van der Waals surface area contributed by atoms with Crippen LogP contribution in [0.25, 0.3) is 0 Å². The molecular weight excluding hydrogens is 312 g/mol. The van der Waals surface area contributed by atoms with E-state index < -0.39 is 0 Å². The summed E-state index contributed by atoms with van der Waals surface area (Å²) in [6.07, 6.45) is 1.53. The smallest absolute Gasteiger partial charge is 0.293 e. The summed E-state index contributed by atoms with van der Waals surface area (Å²) in [5.74, 6) is 0.315. The number of piperidine rings is 1. The molecule has 1 aliphatic heterocycles. The summed E-state index contributed by atoms with van der Waals surface area (Å²) in [5.41, 5.74) is 0.742. The van der Waals surface area contributed by atoms with Crippen LogP contribution in [0.2, 0.25) is 0 Å². The molecule has 5 nitrogen and oxygen atoms in total. The Morgan fingerprint density at radius 3 is 2.58 bits per heavy atom. The number of benzene rings is 1. The summed E-state index contributed by atoms with van der Waals surface area (Å²) >= 11 is 3.25. The van der Waals surface area contributed by atoms with Crippen molar-refractivity contribution >= 4 is 33.1 Å². The van der Waals surface area contributed by atoms with E-state index in [1.807, 2.05) is 4.90 Å². The number of nitro benzene ring substituents is 1. The number of ketones is 1. The topological polar surface area (TPSA) is 63.5 Å². The van der Waals surface area contributed by atoms with Crippen LogP contribution < -0.4 is 4.90 Å². The third-order valence-corrected chi connectivity index (χ3v) is 4.04. The average molecular weight is 327 g/mol. The number of hydrogen-bond acceptors (Lipinski definition) is 4. The predicted octanol–water partition coefficient (Wildman–Crippen LogP) is 3.16. The summed E-state index contributed by atoms with van der Waals surface area (Å²) in [7, 11) is 0. The van der Waals surface area contributed by atoms with E-state index in [0.29, 0.717) is 23.2 Å². The summed E-state index contributed by atoms with van der Waals surface area (Å²) in [4.78, 5) is 24.0. The lowest BCUT2D eigenvalue weighted by Crippen LogP contribution is -2.36. The van der Waals surface area contributed by atoms with Crippen LogP contribution in [0, 0.1) is 16.0 Å². The zero-order valence-corrected chi connectivity index (χ0v) is 12.2. The zero-order chi connectivity index (χ0) is 14.0. The first kappa shape index (κ1) is 14.0. The second-order valence-electron chi connectivity index (χ2n) is 4.76. The Kier molecular flexibility index (Phi) is 4.19. The third kappa shape index (κ3) is 3.12. The SMILES string of the molecule is CC(=O)C1CCN(c2ccc(Br)cc2[N+](=O)[O-])CC1. The van der Waals surface area contributed by atoms with Gasteiger partial charge in [0.25, 0.3) is 5.69 Å². The van der Waals surface area contributed by atoms with E-state index in [1.165, 1.54) is 6.07 Å². The van der Waals surface area contributed by atoms with Crippen molar-refractivity contribution in [2.45, 2.75) is 19.8 Å². The second-order valence-corrected chi connectivity index (χ2v) is 5.68. The Balaban J connectivity index is 2.20. The Bertz CT molecular complexity index is 511. The van der Waals surface area contributed by atoms with Gasteiger partial charge in [-0.15, -0.1) is 0 Å². The molecule has 0 amide bonds. The fraction of sp³-hybridized carbons (Fsp3) is 0.462. The molecule has 19 heavy (non-hydrogen) atoms. The highest BCUT2D eigenvalue weighted by Crippen LogP contribution is 2.33. The first-order valence-electron chi connectivity index (χ1n) is 6.18. The number of halogens is 1. The molecule has 0 bridgehead atoms. The first-order chi connectivity index (χ1) is 8.99. The van der Waals surface area contributed by atoms with E-state index in [-0.39, 0.29) is 22.3 Å². The summed E-state index contributed by atoms with van der Waals surface area (Å²) in [6.45, 7) is 2.99. The molecule has 1 heterocycles. The highest BCUT2D eigenvalue weighted by molar-refractivity contribution is 9.10. The number of nitro groups is 1. The van der Waals surface area contributed by atoms with Crippen LogP contribution in [-0.4, -0.2) is 23.8 Å². The van der Waals surface area contributed by atoms with Crippen molar-refractivity contribution in [2.24, 2.45) is 5.92 Å². The van der Waals surface area contributed by atoms with E-state index in [9.17, 15) is 14.9 Å². The van der Waals surface area contributed by atoms with Crippen molar-refractivity contribution in [3.63, 3.8) is 0 Å². The van der Waals surface area contributed by atoms with Gasteiger partial charge in [0, 0.05) is 29.5 Å². The number of carbonyl (C=O) groups is 1. The van der Waals surface area contributed by atoms with Gasteiger partial charge in [-0.1, -0.05) is 15.9 Å². The van der Waals surface area contributed by atoms with Gasteiger partial charge in [-0.25, -0.2) is 0 Å². The van der Waals surface area contributed by atoms with Crippen LogP contribution in [-0.2, 0) is 4.79 Å². The Morgan fingerprint density at radius 2 is 2.05 bits per heavy atom. The van der Waals surface area contributed by atoms with Gasteiger partial charge in [0.15, 0.2) is 0 Å². The average Bonchev–Trinajstić information content (AvgIpc) is 2.38. The van der Waals surface area contributed by atoms with Crippen LogP contribution in [0.4, 0.5) is 11.4 Å². The fourth-order valence-corrected chi connectivity index (χ4v) is 2.79. The number of nitrogens with zero attached hydrogens (tertiary/aromatic N) is 2. The molecule has 0 atom stereocenters. The van der Waals surface area contributed by atoms with Gasteiger partial charge in [0.05, 0.1) is 4.92 Å². The number of Topliss-reactive ketones (excluding diaryl/α,β-unsaturated/α-hetero) is 1. The highest BCUT2D eigenvalue weighted by Gasteiger charge is 2.26. The highest BCUT2D eigenvalue weighted by atomic mass is 79.9. The maximum Gasteiger partial charge on any atom is 0.293 e. The largest absolute Gasteiger partial charge is 0.366 e. The number of rotatable bonds is 3. The predicted molar refractivity (Wildman–Crippen MR) is 76.4 cm³/mol. The molecule has 0 N–H and O–H groups in total. The van der Waals surface area contributed by atoms with Gasteiger partial charge in [-0.05, 0) is 31.9 Å². The maximum atomic E-state index is 11.3. The molecule has 0 saturated carbocycles. The molecule has 0 radical (unpaired) electrons. The zero-order valence-electron chi connectivity index (χ0n) is 10.6. The maximum absolute atomic E-state index is 11.3. The molecule has 1 aromatic rings. The fourth-order valence-electron chi connectivity index (χ4n) is 2.44. The lowest BCUT2D eigenvalue weighted by molar-refractivity contribution is -0.384. The van der Waals surface area contributed by atoms with Crippen LogP contribution >= 0.6 is 15.9 Å². The summed E-state index contributed by atoms with van der Waals surface area (Å²) in [5, 5.41) is 11.1. The van der Waals surface area contributed by atoms with Crippen LogP contribution in [0.3, 0.4) is 0 Å². The minimum Gasteiger partial charge on any atom is -0.366 e. The third-order valence-electron chi connectivity index (χ3n) is 3.54. The second kappa shape index (κ2) is 5.69. The van der Waals surface area contributed by atoms with E-state index in [0.717, 1.165) is 12.8 Å². The van der Waals surface area contributed by atoms with Gasteiger partial charge in [0.2, 0.25) is 0 Å².